The van der Waals surface area contributed by atoms with Gasteiger partial charge in [-0.3, -0.25) is 0 Å². The maximum Gasteiger partial charge on any atom is 0.0539 e. The minimum Gasteiger partial charge on any atom is -0.310 e. The first-order valence-corrected chi connectivity index (χ1v) is 18.5. The molecule has 9 aromatic carbocycles. The molecule has 9 aromatic rings. The summed E-state index contributed by atoms with van der Waals surface area (Å²) in [6.07, 6.45) is 8.08. The summed E-state index contributed by atoms with van der Waals surface area (Å²) in [4.78, 5) is 2.45. The van der Waals surface area contributed by atoms with Crippen LogP contribution in [0.2, 0.25) is 0 Å². The Balaban J connectivity index is 1.14. The van der Waals surface area contributed by atoms with Gasteiger partial charge >= 0.3 is 0 Å². The molecule has 0 saturated carbocycles. The summed E-state index contributed by atoms with van der Waals surface area (Å²) < 4.78 is 0. The Labute approximate surface area is 310 Å². The van der Waals surface area contributed by atoms with Crippen molar-refractivity contribution < 1.29 is 0 Å². The molecule has 0 amide bonds. The van der Waals surface area contributed by atoms with Gasteiger partial charge in [-0.2, -0.15) is 0 Å². The van der Waals surface area contributed by atoms with E-state index in [0.29, 0.717) is 5.92 Å². The van der Waals surface area contributed by atoms with Gasteiger partial charge in [0.15, 0.2) is 0 Å². The fourth-order valence-electron chi connectivity index (χ4n) is 8.35. The van der Waals surface area contributed by atoms with Crippen molar-refractivity contribution in [2.24, 2.45) is 0 Å². The second-order valence-corrected chi connectivity index (χ2v) is 14.1. The molecule has 1 heteroatoms. The topological polar surface area (TPSA) is 3.24 Å². The second kappa shape index (κ2) is 13.1. The van der Waals surface area contributed by atoms with Crippen LogP contribution in [0.25, 0.3) is 59.8 Å². The minimum absolute atomic E-state index is 0.382. The number of hydrogen-bond donors (Lipinski definition) is 0. The molecule has 0 spiro atoms. The summed E-state index contributed by atoms with van der Waals surface area (Å²) in [6.45, 7) is 0. The fraction of sp³-hybridized carbons (Fsp3) is 0.0385. The van der Waals surface area contributed by atoms with Gasteiger partial charge < -0.3 is 4.90 Å². The van der Waals surface area contributed by atoms with Crippen LogP contribution in [0.1, 0.15) is 23.5 Å². The summed E-state index contributed by atoms with van der Waals surface area (Å²) in [7, 11) is 0. The first-order valence-electron chi connectivity index (χ1n) is 18.5. The van der Waals surface area contributed by atoms with Crippen molar-refractivity contribution in [3.8, 4) is 11.1 Å². The maximum atomic E-state index is 2.45. The Kier molecular flexibility index (Phi) is 7.69. The van der Waals surface area contributed by atoms with Gasteiger partial charge in [0, 0.05) is 22.9 Å². The Morgan fingerprint density at radius 2 is 1.04 bits per heavy atom. The lowest BCUT2D eigenvalue weighted by Gasteiger charge is -2.29. The zero-order valence-corrected chi connectivity index (χ0v) is 29.4. The Morgan fingerprint density at radius 3 is 1.87 bits per heavy atom. The van der Waals surface area contributed by atoms with Crippen LogP contribution in [0.3, 0.4) is 0 Å². The van der Waals surface area contributed by atoms with E-state index in [1.165, 1.54) is 70.9 Å². The van der Waals surface area contributed by atoms with E-state index in [1.807, 2.05) is 0 Å². The number of rotatable bonds is 6. The van der Waals surface area contributed by atoms with E-state index in [0.717, 1.165) is 23.5 Å². The molecule has 250 valence electrons. The van der Waals surface area contributed by atoms with Gasteiger partial charge in [0.2, 0.25) is 0 Å². The third-order valence-electron chi connectivity index (χ3n) is 11.0. The van der Waals surface area contributed by atoms with Gasteiger partial charge in [0.25, 0.3) is 0 Å². The van der Waals surface area contributed by atoms with Crippen molar-refractivity contribution in [2.45, 2.75) is 12.3 Å². The predicted octanol–water partition coefficient (Wildman–Crippen LogP) is 14.6. The largest absolute Gasteiger partial charge is 0.310 e. The van der Waals surface area contributed by atoms with Gasteiger partial charge in [-0.15, -0.1) is 0 Å². The standard InChI is InChI=1S/C52H37N/c1-2-12-36(13-3-1)37-24-26-40(27-25-37)49-20-8-9-23-52(49)53(44-31-33-48-42(35-44)29-28-38-14-4-6-18-45(38)48)43-17-10-16-41(34-43)47-21-11-22-50-46-19-7-5-15-39(46)30-32-51(47)50/h1-24,26-35,37H,25H2. The van der Waals surface area contributed by atoms with E-state index in [1.54, 1.807) is 0 Å². The first kappa shape index (κ1) is 31.1. The highest BCUT2D eigenvalue weighted by Gasteiger charge is 2.21. The Hall–Kier alpha value is -6.70. The quantitative estimate of drug-likeness (QED) is 0.159. The molecule has 1 nitrogen and oxygen atoms in total. The minimum atomic E-state index is 0.382. The van der Waals surface area contributed by atoms with E-state index >= 15 is 0 Å². The molecule has 0 saturated heterocycles. The van der Waals surface area contributed by atoms with E-state index in [9.17, 15) is 0 Å². The van der Waals surface area contributed by atoms with Gasteiger partial charge in [0.1, 0.15) is 0 Å². The molecule has 1 aliphatic carbocycles. The highest BCUT2D eigenvalue weighted by atomic mass is 15.1. The summed E-state index contributed by atoms with van der Waals surface area (Å²) in [6, 6.07) is 68.8. The van der Waals surface area contributed by atoms with Crippen molar-refractivity contribution in [2.75, 3.05) is 4.90 Å². The van der Waals surface area contributed by atoms with Crippen LogP contribution in [-0.2, 0) is 0 Å². The van der Waals surface area contributed by atoms with Crippen molar-refractivity contribution in [1.82, 2.24) is 0 Å². The van der Waals surface area contributed by atoms with Gasteiger partial charge in [-0.05, 0) is 102 Å². The molecule has 0 radical (unpaired) electrons. The zero-order chi connectivity index (χ0) is 35.1. The number of allylic oxidation sites excluding steroid dienone is 4. The molecular formula is C52H37N. The van der Waals surface area contributed by atoms with E-state index in [-0.39, 0.29) is 0 Å². The van der Waals surface area contributed by atoms with Crippen molar-refractivity contribution >= 4 is 65.7 Å². The molecule has 0 aliphatic heterocycles. The monoisotopic (exact) mass is 675 g/mol. The van der Waals surface area contributed by atoms with Crippen LogP contribution in [0.4, 0.5) is 17.1 Å². The van der Waals surface area contributed by atoms with Crippen LogP contribution < -0.4 is 4.90 Å². The number of anilines is 3. The lowest BCUT2D eigenvalue weighted by Crippen LogP contribution is -2.12. The molecule has 1 aliphatic rings. The third-order valence-corrected chi connectivity index (χ3v) is 11.0. The summed E-state index contributed by atoms with van der Waals surface area (Å²) >= 11 is 0. The number of fused-ring (bicyclic) bond motifs is 6. The molecule has 53 heavy (non-hydrogen) atoms. The highest BCUT2D eigenvalue weighted by molar-refractivity contribution is 6.12. The summed E-state index contributed by atoms with van der Waals surface area (Å²) in [5, 5.41) is 10.1. The van der Waals surface area contributed by atoms with Crippen LogP contribution >= 0.6 is 0 Å². The van der Waals surface area contributed by atoms with Crippen LogP contribution in [0, 0.1) is 0 Å². The molecule has 0 aromatic heterocycles. The van der Waals surface area contributed by atoms with Crippen molar-refractivity contribution in [3.63, 3.8) is 0 Å². The number of hydrogen-bond acceptors (Lipinski definition) is 1. The van der Waals surface area contributed by atoms with Crippen molar-refractivity contribution in [3.05, 3.63) is 217 Å². The van der Waals surface area contributed by atoms with E-state index in [4.69, 9.17) is 0 Å². The predicted molar refractivity (Wildman–Crippen MR) is 228 cm³/mol. The number of nitrogens with zero attached hydrogens (tertiary/aromatic N) is 1. The van der Waals surface area contributed by atoms with Crippen molar-refractivity contribution in [1.29, 1.82) is 0 Å². The fourth-order valence-corrected chi connectivity index (χ4v) is 8.35. The van der Waals surface area contributed by atoms with E-state index in [2.05, 4.69) is 211 Å². The highest BCUT2D eigenvalue weighted by Crippen LogP contribution is 2.44. The lowest BCUT2D eigenvalue weighted by molar-refractivity contribution is 0.856. The average molecular weight is 676 g/mol. The zero-order valence-electron chi connectivity index (χ0n) is 29.4. The van der Waals surface area contributed by atoms with Gasteiger partial charge in [-0.25, -0.2) is 0 Å². The molecule has 10 rings (SSSR count). The maximum absolute atomic E-state index is 2.45. The van der Waals surface area contributed by atoms with Gasteiger partial charge in [0.05, 0.1) is 5.69 Å². The molecule has 0 fully saturated rings. The summed E-state index contributed by atoms with van der Waals surface area (Å²) in [5.74, 6) is 0.382. The third kappa shape index (κ3) is 5.59. The molecule has 1 atom stereocenters. The smallest absolute Gasteiger partial charge is 0.0539 e. The van der Waals surface area contributed by atoms with Crippen LogP contribution in [-0.4, -0.2) is 0 Å². The molecule has 0 heterocycles. The Morgan fingerprint density at radius 1 is 0.415 bits per heavy atom. The average Bonchev–Trinajstić information content (AvgIpc) is 3.24. The second-order valence-electron chi connectivity index (χ2n) is 14.1. The first-order chi connectivity index (χ1) is 26.3. The molecular weight excluding hydrogens is 639 g/mol. The normalized spacial score (nSPS) is 14.2. The number of para-hydroxylation sites is 1. The molecule has 0 N–H and O–H groups in total. The molecule has 1 unspecified atom stereocenters. The Bertz CT molecular complexity index is 2880. The SMILES string of the molecule is C1=CC(c2ccccc2)CC=C1c1ccccc1N(c1cccc(-c2cccc3c2ccc2ccccc23)c1)c1ccc2c(ccc3ccccc32)c1. The van der Waals surface area contributed by atoms with Crippen LogP contribution in [0.15, 0.2) is 206 Å². The summed E-state index contributed by atoms with van der Waals surface area (Å²) in [5.41, 5.74) is 9.66. The lowest BCUT2D eigenvalue weighted by atomic mass is 9.87. The van der Waals surface area contributed by atoms with Gasteiger partial charge in [-0.1, -0.05) is 176 Å². The number of benzene rings is 9. The van der Waals surface area contributed by atoms with Crippen LogP contribution in [0.5, 0.6) is 0 Å². The van der Waals surface area contributed by atoms with E-state index < -0.39 is 0 Å². The molecule has 0 bridgehead atoms.